The van der Waals surface area contributed by atoms with Crippen molar-refractivity contribution in [2.45, 2.75) is 12.6 Å². The molecule has 0 bridgehead atoms. The van der Waals surface area contributed by atoms with E-state index in [1.807, 2.05) is 6.07 Å². The maximum Gasteiger partial charge on any atom is 0.396 e. The van der Waals surface area contributed by atoms with Gasteiger partial charge < -0.3 is 0 Å². The van der Waals surface area contributed by atoms with Gasteiger partial charge in [-0.15, -0.1) is 0 Å². The fraction of sp³-hybridized carbons (Fsp3) is 0.455. The minimum atomic E-state index is -4.08. The van der Waals surface area contributed by atoms with Crippen LogP contribution in [0.2, 0.25) is 0 Å². The number of benzene rings is 1. The number of thioether (sulfide) groups is 1. The van der Waals surface area contributed by atoms with E-state index in [0.29, 0.717) is 0 Å². The van der Waals surface area contributed by atoms with Crippen molar-refractivity contribution >= 4 is 11.8 Å². The lowest BCUT2D eigenvalue weighted by Gasteiger charge is -2.42. The molecule has 0 amide bonds. The second-order valence-electron chi connectivity index (χ2n) is 3.93. The summed E-state index contributed by atoms with van der Waals surface area (Å²) in [7, 11) is 0. The zero-order chi connectivity index (χ0) is 10.9. The molecule has 1 aliphatic heterocycles. The quantitative estimate of drug-likeness (QED) is 0.751. The summed E-state index contributed by atoms with van der Waals surface area (Å²) in [4.78, 5) is 0. The maximum atomic E-state index is 12.8. The van der Waals surface area contributed by atoms with Crippen LogP contribution >= 0.6 is 11.8 Å². The fourth-order valence-corrected chi connectivity index (χ4v) is 2.93. The molecule has 0 nitrogen and oxygen atoms in total. The average molecular weight is 232 g/mol. The van der Waals surface area contributed by atoms with Crippen LogP contribution in [0.3, 0.4) is 0 Å². The third-order valence-corrected chi connectivity index (χ3v) is 4.26. The predicted molar refractivity (Wildman–Crippen MR) is 56.0 cm³/mol. The molecule has 4 heteroatoms. The van der Waals surface area contributed by atoms with Gasteiger partial charge in [0.15, 0.2) is 0 Å². The van der Waals surface area contributed by atoms with Gasteiger partial charge >= 0.3 is 6.18 Å². The second-order valence-corrected chi connectivity index (χ2v) is 4.92. The smallest absolute Gasteiger partial charge is 0.170 e. The van der Waals surface area contributed by atoms with Gasteiger partial charge in [-0.25, -0.2) is 0 Å². The largest absolute Gasteiger partial charge is 0.396 e. The molecule has 0 aromatic heterocycles. The number of alkyl halides is 3. The van der Waals surface area contributed by atoms with Crippen molar-refractivity contribution < 1.29 is 13.2 Å². The van der Waals surface area contributed by atoms with Crippen LogP contribution in [-0.2, 0) is 6.42 Å². The molecule has 0 radical (unpaired) electrons. The Morgan fingerprint density at radius 2 is 1.73 bits per heavy atom. The Balaban J connectivity index is 2.16. The summed E-state index contributed by atoms with van der Waals surface area (Å²) in [6.07, 6.45) is -3.96. The molecular formula is C11H11F3S. The van der Waals surface area contributed by atoms with Gasteiger partial charge in [0.05, 0.1) is 5.41 Å². The molecular weight excluding hydrogens is 221 g/mol. The summed E-state index contributed by atoms with van der Waals surface area (Å²) >= 11 is 1.37. The third kappa shape index (κ3) is 2.00. The summed E-state index contributed by atoms with van der Waals surface area (Å²) in [5.74, 6) is 0.400. The minimum Gasteiger partial charge on any atom is -0.170 e. The van der Waals surface area contributed by atoms with Crippen LogP contribution in [0.15, 0.2) is 30.3 Å². The van der Waals surface area contributed by atoms with Crippen LogP contribution < -0.4 is 0 Å². The Kier molecular flexibility index (Phi) is 2.71. The molecule has 1 heterocycles. The highest BCUT2D eigenvalue weighted by molar-refractivity contribution is 8.00. The van der Waals surface area contributed by atoms with Gasteiger partial charge in [-0.2, -0.15) is 24.9 Å². The van der Waals surface area contributed by atoms with E-state index in [4.69, 9.17) is 0 Å². The molecule has 82 valence electrons. The number of halogens is 3. The molecule has 0 saturated carbocycles. The summed E-state index contributed by atoms with van der Waals surface area (Å²) < 4.78 is 38.5. The van der Waals surface area contributed by atoms with E-state index in [1.54, 1.807) is 24.3 Å². The first kappa shape index (κ1) is 10.9. The van der Waals surface area contributed by atoms with E-state index in [1.165, 1.54) is 11.8 Å². The van der Waals surface area contributed by atoms with Crippen molar-refractivity contribution in [1.29, 1.82) is 0 Å². The molecule has 15 heavy (non-hydrogen) atoms. The first-order valence-corrected chi connectivity index (χ1v) is 5.87. The van der Waals surface area contributed by atoms with E-state index >= 15 is 0 Å². The normalized spacial score (nSPS) is 19.7. The van der Waals surface area contributed by atoms with Gasteiger partial charge in [0, 0.05) is 11.5 Å². The Bertz CT molecular complexity index is 327. The first-order chi connectivity index (χ1) is 7.04. The SMILES string of the molecule is FC(F)(F)C1(Cc2ccccc2)CSC1. The summed E-state index contributed by atoms with van der Waals surface area (Å²) in [6.45, 7) is 0. The van der Waals surface area contributed by atoms with Crippen LogP contribution in [0, 0.1) is 5.41 Å². The van der Waals surface area contributed by atoms with Gasteiger partial charge in [-0.1, -0.05) is 30.3 Å². The van der Waals surface area contributed by atoms with E-state index in [-0.39, 0.29) is 17.9 Å². The number of hydrogen-bond acceptors (Lipinski definition) is 1. The molecule has 0 aliphatic carbocycles. The monoisotopic (exact) mass is 232 g/mol. The average Bonchev–Trinajstić information content (AvgIpc) is 2.11. The van der Waals surface area contributed by atoms with Crippen LogP contribution in [-0.4, -0.2) is 17.7 Å². The van der Waals surface area contributed by atoms with E-state index < -0.39 is 11.6 Å². The Morgan fingerprint density at radius 3 is 2.13 bits per heavy atom. The Labute approximate surface area is 90.9 Å². The zero-order valence-corrected chi connectivity index (χ0v) is 8.87. The molecule has 1 aromatic rings. The molecule has 0 unspecified atom stereocenters. The molecule has 1 fully saturated rings. The lowest BCUT2D eigenvalue weighted by atomic mass is 9.83. The third-order valence-electron chi connectivity index (χ3n) is 2.74. The summed E-state index contributed by atoms with van der Waals surface area (Å²) in [5, 5.41) is 0. The lowest BCUT2D eigenvalue weighted by Crippen LogP contribution is -2.50. The Hall–Kier alpha value is -0.640. The molecule has 1 aliphatic rings. The molecule has 1 aromatic carbocycles. The molecule has 1 saturated heterocycles. The number of hydrogen-bond donors (Lipinski definition) is 0. The van der Waals surface area contributed by atoms with Crippen molar-refractivity contribution in [3.8, 4) is 0 Å². The van der Waals surface area contributed by atoms with Crippen LogP contribution in [0.5, 0.6) is 0 Å². The van der Waals surface area contributed by atoms with Gasteiger partial charge in [-0.3, -0.25) is 0 Å². The fourth-order valence-electron chi connectivity index (χ4n) is 1.70. The highest BCUT2D eigenvalue weighted by Crippen LogP contribution is 2.52. The van der Waals surface area contributed by atoms with E-state index in [2.05, 4.69) is 0 Å². The van der Waals surface area contributed by atoms with Gasteiger partial charge in [0.25, 0.3) is 0 Å². The van der Waals surface area contributed by atoms with E-state index in [9.17, 15) is 13.2 Å². The van der Waals surface area contributed by atoms with Crippen LogP contribution in [0.25, 0.3) is 0 Å². The summed E-state index contributed by atoms with van der Waals surface area (Å²) in [5.41, 5.74) is -0.700. The van der Waals surface area contributed by atoms with Crippen molar-refractivity contribution in [1.82, 2.24) is 0 Å². The second kappa shape index (κ2) is 3.74. The van der Waals surface area contributed by atoms with Crippen molar-refractivity contribution in [2.24, 2.45) is 5.41 Å². The highest BCUT2D eigenvalue weighted by atomic mass is 32.2. The van der Waals surface area contributed by atoms with Gasteiger partial charge in [-0.05, 0) is 12.0 Å². The molecule has 2 rings (SSSR count). The van der Waals surface area contributed by atoms with Crippen molar-refractivity contribution in [3.05, 3.63) is 35.9 Å². The zero-order valence-electron chi connectivity index (χ0n) is 8.05. The number of rotatable bonds is 2. The maximum absolute atomic E-state index is 12.8. The van der Waals surface area contributed by atoms with Crippen LogP contribution in [0.4, 0.5) is 13.2 Å². The van der Waals surface area contributed by atoms with Gasteiger partial charge in [0.2, 0.25) is 0 Å². The van der Waals surface area contributed by atoms with Crippen LogP contribution in [0.1, 0.15) is 5.56 Å². The predicted octanol–water partition coefficient (Wildman–Crippen LogP) is 3.52. The standard InChI is InChI=1S/C11H11F3S/c12-11(13,14)10(7-15-8-10)6-9-4-2-1-3-5-9/h1-5H,6-8H2. The highest BCUT2D eigenvalue weighted by Gasteiger charge is 2.58. The molecule has 0 atom stereocenters. The van der Waals surface area contributed by atoms with E-state index in [0.717, 1.165) is 5.56 Å². The molecule has 0 N–H and O–H groups in total. The lowest BCUT2D eigenvalue weighted by molar-refractivity contribution is -0.211. The first-order valence-electron chi connectivity index (χ1n) is 4.72. The molecule has 0 spiro atoms. The van der Waals surface area contributed by atoms with Gasteiger partial charge in [0.1, 0.15) is 0 Å². The minimum absolute atomic E-state index is 0.115. The van der Waals surface area contributed by atoms with Crippen molar-refractivity contribution in [3.63, 3.8) is 0 Å². The summed E-state index contributed by atoms with van der Waals surface area (Å²) in [6, 6.07) is 8.91. The topological polar surface area (TPSA) is 0 Å². The van der Waals surface area contributed by atoms with Crippen molar-refractivity contribution in [2.75, 3.05) is 11.5 Å². The Morgan fingerprint density at radius 1 is 1.13 bits per heavy atom.